The molecule has 204 valence electrons. The smallest absolute Gasteiger partial charge is 0.0693 e. The number of carbonyl (C=O) groups is 2. The third-order valence-electron chi connectivity index (χ3n) is 5.91. The van der Waals surface area contributed by atoms with Gasteiger partial charge in [-0.15, -0.1) is 0 Å². The number of likely N-dealkylation sites (N-methyl/N-ethyl adjacent to an activating group) is 3. The van der Waals surface area contributed by atoms with Crippen molar-refractivity contribution in [3.05, 3.63) is 12.2 Å². The predicted octanol–water partition coefficient (Wildman–Crippen LogP) is 0.198. The summed E-state index contributed by atoms with van der Waals surface area (Å²) in [5, 5.41) is 30.5. The summed E-state index contributed by atoms with van der Waals surface area (Å²) in [6.07, 6.45) is 6.16. The van der Waals surface area contributed by atoms with Crippen molar-refractivity contribution in [3.63, 3.8) is 0 Å². The molecule has 0 radical (unpaired) electrons. The summed E-state index contributed by atoms with van der Waals surface area (Å²) < 4.78 is 8.99. The summed E-state index contributed by atoms with van der Waals surface area (Å²) >= 11 is -2.04. The van der Waals surface area contributed by atoms with Crippen LogP contribution in [0.5, 0.6) is 0 Å². The van der Waals surface area contributed by atoms with Crippen LogP contribution in [-0.4, -0.2) is 135 Å². The van der Waals surface area contributed by atoms with Gasteiger partial charge >= 0.3 is 66.2 Å². The molecule has 3 aliphatic rings. The number of aliphatic hydroxyl groups is 1. The minimum atomic E-state index is -2.04. The summed E-state index contributed by atoms with van der Waals surface area (Å²) in [6, 6.07) is 2.29. The number of β-amino-alcohol motifs (C(OH)–C–C–N with tert-alkyl or cyclic N) is 1. The molecule has 0 aromatic carbocycles. The van der Waals surface area contributed by atoms with Gasteiger partial charge in [0.25, 0.3) is 0 Å². The molecule has 0 aliphatic carbocycles. The van der Waals surface area contributed by atoms with E-state index in [0.717, 1.165) is 52.1 Å². The Labute approximate surface area is 230 Å². The van der Waals surface area contributed by atoms with E-state index in [1.165, 1.54) is 13.8 Å². The van der Waals surface area contributed by atoms with Crippen LogP contribution in [0.4, 0.5) is 0 Å². The molecular formula is C23H45HgN7O5. The summed E-state index contributed by atoms with van der Waals surface area (Å²) in [4.78, 5) is 20.1. The summed E-state index contributed by atoms with van der Waals surface area (Å²) in [6.45, 7) is 8.33. The Balaban J connectivity index is 0.000000455. The fourth-order valence-electron chi connectivity index (χ4n) is 3.14. The number of nitriles is 1. The molecule has 0 amide bonds. The van der Waals surface area contributed by atoms with Crippen LogP contribution < -0.4 is 0 Å². The first-order chi connectivity index (χ1) is 16.9. The van der Waals surface area contributed by atoms with Crippen LogP contribution in [0.1, 0.15) is 26.7 Å². The van der Waals surface area contributed by atoms with Crippen LogP contribution in [-0.2, 0) is 40.4 Å². The average Bonchev–Trinajstić information content (AvgIpc) is 2.81. The Bertz CT molecular complexity index is 683. The number of carbonyl (C=O) groups excluding carboxylic acids is 2. The normalized spacial score (nSPS) is 23.8. The maximum absolute atomic E-state index is 10.1. The van der Waals surface area contributed by atoms with Gasteiger partial charge in [0.05, 0.1) is 18.1 Å². The van der Waals surface area contributed by atoms with E-state index in [9.17, 15) is 9.59 Å². The second kappa shape index (κ2) is 19.9. The third kappa shape index (κ3) is 17.3. The maximum Gasteiger partial charge on any atom is 0.0693 e. The summed E-state index contributed by atoms with van der Waals surface area (Å²) in [5.41, 5.74) is 0. The average molecular weight is 700 g/mol. The maximum atomic E-state index is 10.1. The van der Waals surface area contributed by atoms with Crippen molar-refractivity contribution in [3.8, 4) is 6.07 Å². The zero-order chi connectivity index (χ0) is 27.7. The quantitative estimate of drug-likeness (QED) is 0.314. The molecular weight excluding hydrogens is 655 g/mol. The van der Waals surface area contributed by atoms with Crippen LogP contribution in [0.25, 0.3) is 0 Å². The molecule has 3 rings (SSSR count). The van der Waals surface area contributed by atoms with E-state index in [2.05, 4.69) is 62.6 Å². The fraction of sp³-hybridized carbons (Fsp3) is 0.783. The molecule has 1 N–H and O–H groups in total. The molecule has 12 nitrogen and oxygen atoms in total. The summed E-state index contributed by atoms with van der Waals surface area (Å²) in [5.74, 6) is -0.489. The number of aliphatic hydroxyl groups excluding tert-OH is 1. The second-order valence-corrected chi connectivity index (χ2v) is 12.2. The molecule has 0 spiro atoms. The number of rotatable bonds is 2. The topological polar surface area (TPSA) is 116 Å². The zero-order valence-corrected chi connectivity index (χ0v) is 28.9. The number of hydrogen-bond donors (Lipinski definition) is 1. The van der Waals surface area contributed by atoms with Crippen molar-refractivity contribution < 1.29 is 45.5 Å². The Kier molecular flexibility index (Phi) is 19.2. The van der Waals surface area contributed by atoms with Gasteiger partial charge in [0.2, 0.25) is 0 Å². The van der Waals surface area contributed by atoms with Crippen LogP contribution in [0.2, 0.25) is 0 Å². The van der Waals surface area contributed by atoms with Crippen molar-refractivity contribution in [2.24, 2.45) is 5.92 Å². The van der Waals surface area contributed by atoms with Crippen LogP contribution >= 0.6 is 0 Å². The van der Waals surface area contributed by atoms with Crippen LogP contribution in [0.15, 0.2) is 12.2 Å². The first kappa shape index (κ1) is 34.8. The zero-order valence-electron chi connectivity index (χ0n) is 23.4. The van der Waals surface area contributed by atoms with Crippen molar-refractivity contribution in [1.29, 1.82) is 5.26 Å². The molecule has 2 saturated heterocycles. The van der Waals surface area contributed by atoms with E-state index in [1.807, 2.05) is 33.2 Å². The van der Waals surface area contributed by atoms with Gasteiger partial charge in [-0.2, -0.15) is 5.26 Å². The van der Waals surface area contributed by atoms with E-state index in [0.29, 0.717) is 0 Å². The third-order valence-corrected chi connectivity index (χ3v) is 9.99. The molecule has 2 unspecified atom stereocenters. The summed E-state index contributed by atoms with van der Waals surface area (Å²) in [7, 11) is 12.3. The van der Waals surface area contributed by atoms with E-state index < -0.39 is 25.5 Å². The van der Waals surface area contributed by atoms with E-state index in [1.54, 1.807) is 0 Å². The molecule has 36 heavy (non-hydrogen) atoms. The van der Waals surface area contributed by atoms with E-state index in [4.69, 9.17) is 10.4 Å². The fourth-order valence-corrected chi connectivity index (χ4v) is 4.66. The first-order valence-corrected chi connectivity index (χ1v) is 16.6. The Morgan fingerprint density at radius 3 is 1.58 bits per heavy atom. The van der Waals surface area contributed by atoms with Crippen molar-refractivity contribution in [2.75, 3.05) is 81.6 Å². The van der Waals surface area contributed by atoms with Gasteiger partial charge in [-0.25, -0.2) is 30.1 Å². The van der Waals surface area contributed by atoms with Gasteiger partial charge < -0.3 is 5.11 Å². The largest absolute Gasteiger partial charge is 0.392 e. The molecule has 13 heteroatoms. The van der Waals surface area contributed by atoms with Gasteiger partial charge in [-0.3, -0.25) is 0 Å². The molecule has 2 fully saturated rings. The Morgan fingerprint density at radius 2 is 1.25 bits per heavy atom. The molecule has 3 heterocycles. The molecule has 0 aromatic heterocycles. The molecule has 3 aliphatic heterocycles. The monoisotopic (exact) mass is 701 g/mol. The minimum absolute atomic E-state index is 0.119. The SMILES string of the molecule is CC(=O)[O][Hg][O]C(C)=O.CN1CC=CCN1C.CN1CCC(C#N)CN1C.CN1CCC(O)CN1C. The van der Waals surface area contributed by atoms with Gasteiger partial charge in [0.1, 0.15) is 0 Å². The second-order valence-electron chi connectivity index (χ2n) is 9.04. The van der Waals surface area contributed by atoms with E-state index in [-0.39, 0.29) is 24.0 Å². The predicted molar refractivity (Wildman–Crippen MR) is 133 cm³/mol. The number of hydrazine groups is 3. The molecule has 0 aromatic rings. The number of nitrogens with zero attached hydrogens (tertiary/aromatic N) is 7. The van der Waals surface area contributed by atoms with Crippen LogP contribution in [0, 0.1) is 17.2 Å². The van der Waals surface area contributed by atoms with Gasteiger partial charge in [-0.1, -0.05) is 12.2 Å². The van der Waals surface area contributed by atoms with Crippen LogP contribution in [0.3, 0.4) is 0 Å². The van der Waals surface area contributed by atoms with Gasteiger partial charge in [0, 0.05) is 81.6 Å². The first-order valence-electron chi connectivity index (χ1n) is 12.1. The van der Waals surface area contributed by atoms with Gasteiger partial charge in [0.15, 0.2) is 0 Å². The van der Waals surface area contributed by atoms with Crippen molar-refractivity contribution >= 4 is 11.9 Å². The molecule has 0 bridgehead atoms. The van der Waals surface area contributed by atoms with Crippen molar-refractivity contribution in [2.45, 2.75) is 32.8 Å². The minimum Gasteiger partial charge on any atom is -0.392 e. The Hall–Kier alpha value is -1.17. The molecule has 2 atom stereocenters. The van der Waals surface area contributed by atoms with E-state index >= 15 is 0 Å². The van der Waals surface area contributed by atoms with Crippen molar-refractivity contribution in [1.82, 2.24) is 30.1 Å². The molecule has 0 saturated carbocycles. The Morgan fingerprint density at radius 1 is 0.806 bits per heavy atom. The standard InChI is InChI=1S/C7H13N3.C6H14N2O.C6H12N2.2C2H4O2.Hg/c1-9-4-3-7(5-8)6-10(9)2;1-7-4-3-6(9)5-8(7)2;1-7-5-3-4-6-8(7)2;2*1-2(3)4;/h7H,3-4,6H2,1-2H3;6,9H,3-5H2,1-2H3;3-4H,5-6H2,1-2H3;2*1H3,(H,3,4);/q;;;;;+2/p-2. The number of hydrogen-bond acceptors (Lipinski definition) is 12. The van der Waals surface area contributed by atoms with Gasteiger partial charge in [-0.05, 0) is 12.8 Å².